The first kappa shape index (κ1) is 14.7. The molecule has 1 unspecified atom stereocenters. The molecule has 0 bridgehead atoms. The number of fused-ring (bicyclic) bond motifs is 1. The number of hydrogen-bond donors (Lipinski definition) is 1. The molecule has 2 nitrogen and oxygen atoms in total. The number of carbonyl (C=O) groups excluding carboxylic acids is 1. The van der Waals surface area contributed by atoms with Gasteiger partial charge in [0.25, 0.3) is 5.91 Å². The van der Waals surface area contributed by atoms with Crippen molar-refractivity contribution in [2.75, 3.05) is 0 Å². The van der Waals surface area contributed by atoms with Gasteiger partial charge in [-0.1, -0.05) is 15.9 Å². The quantitative estimate of drug-likeness (QED) is 0.821. The normalized spacial score (nSPS) is 17.4. The van der Waals surface area contributed by atoms with Crippen molar-refractivity contribution < 1.29 is 13.6 Å². The van der Waals surface area contributed by atoms with E-state index in [0.717, 1.165) is 37.0 Å². The summed E-state index contributed by atoms with van der Waals surface area (Å²) in [5, 5.41) is 4.73. The Labute approximate surface area is 133 Å². The Morgan fingerprint density at radius 2 is 2.05 bits per heavy atom. The second kappa shape index (κ2) is 5.85. The average Bonchev–Trinajstić information content (AvgIpc) is 2.86. The van der Waals surface area contributed by atoms with Crippen molar-refractivity contribution >= 4 is 33.2 Å². The van der Waals surface area contributed by atoms with Gasteiger partial charge in [-0.3, -0.25) is 4.79 Å². The van der Waals surface area contributed by atoms with E-state index in [1.54, 1.807) is 11.3 Å². The third-order valence-corrected chi connectivity index (χ3v) is 5.05. The molecule has 110 valence electrons. The maximum Gasteiger partial charge on any atom is 0.257 e. The number of amides is 1. The van der Waals surface area contributed by atoms with Gasteiger partial charge in [0.1, 0.15) is 17.2 Å². The van der Waals surface area contributed by atoms with Gasteiger partial charge in [0.15, 0.2) is 0 Å². The SMILES string of the molecule is O=C(NC1CCCc2sccc21)c1c(F)cc(Br)cc1F. The molecule has 0 fully saturated rings. The fourth-order valence-corrected chi connectivity index (χ4v) is 4.02. The third kappa shape index (κ3) is 2.87. The minimum Gasteiger partial charge on any atom is -0.345 e. The van der Waals surface area contributed by atoms with Crippen molar-refractivity contribution in [3.05, 3.63) is 55.7 Å². The molecule has 0 saturated heterocycles. The number of rotatable bonds is 2. The van der Waals surface area contributed by atoms with E-state index in [1.165, 1.54) is 4.88 Å². The van der Waals surface area contributed by atoms with Gasteiger partial charge in [-0.2, -0.15) is 0 Å². The molecular formula is C15H12BrF2NOS. The smallest absolute Gasteiger partial charge is 0.257 e. The lowest BCUT2D eigenvalue weighted by molar-refractivity contribution is 0.0924. The summed E-state index contributed by atoms with van der Waals surface area (Å²) < 4.78 is 27.9. The van der Waals surface area contributed by atoms with E-state index in [-0.39, 0.29) is 10.5 Å². The van der Waals surface area contributed by atoms with Crippen LogP contribution in [0.25, 0.3) is 0 Å². The Bertz CT molecular complexity index is 678. The molecule has 1 aliphatic carbocycles. The maximum absolute atomic E-state index is 13.8. The minimum atomic E-state index is -0.860. The number of benzene rings is 1. The van der Waals surface area contributed by atoms with Crippen LogP contribution >= 0.6 is 27.3 Å². The molecule has 2 aromatic rings. The van der Waals surface area contributed by atoms with Crippen molar-refractivity contribution in [2.24, 2.45) is 0 Å². The lowest BCUT2D eigenvalue weighted by atomic mass is 9.94. The van der Waals surface area contributed by atoms with E-state index in [1.807, 2.05) is 11.4 Å². The van der Waals surface area contributed by atoms with E-state index >= 15 is 0 Å². The summed E-state index contributed by atoms with van der Waals surface area (Å²) in [5.41, 5.74) is 0.540. The van der Waals surface area contributed by atoms with Gasteiger partial charge >= 0.3 is 0 Å². The zero-order chi connectivity index (χ0) is 15.0. The molecular weight excluding hydrogens is 360 g/mol. The van der Waals surface area contributed by atoms with E-state index < -0.39 is 23.1 Å². The molecule has 21 heavy (non-hydrogen) atoms. The summed E-state index contributed by atoms with van der Waals surface area (Å²) in [7, 11) is 0. The van der Waals surface area contributed by atoms with Gasteiger partial charge in [0, 0.05) is 9.35 Å². The highest BCUT2D eigenvalue weighted by molar-refractivity contribution is 9.10. The van der Waals surface area contributed by atoms with Crippen molar-refractivity contribution in [3.8, 4) is 0 Å². The molecule has 1 aromatic heterocycles. The van der Waals surface area contributed by atoms with E-state index in [9.17, 15) is 13.6 Å². The van der Waals surface area contributed by atoms with Crippen LogP contribution in [0.4, 0.5) is 8.78 Å². The maximum atomic E-state index is 13.8. The first-order valence-electron chi connectivity index (χ1n) is 6.58. The molecule has 0 saturated carbocycles. The Balaban J connectivity index is 1.86. The molecule has 1 atom stereocenters. The topological polar surface area (TPSA) is 29.1 Å². The highest BCUT2D eigenvalue weighted by Gasteiger charge is 2.26. The molecule has 0 radical (unpaired) electrons. The van der Waals surface area contributed by atoms with Crippen LogP contribution in [0, 0.1) is 11.6 Å². The van der Waals surface area contributed by atoms with Crippen molar-refractivity contribution in [1.82, 2.24) is 5.32 Å². The van der Waals surface area contributed by atoms with Gasteiger partial charge in [-0.05, 0) is 48.4 Å². The van der Waals surface area contributed by atoms with Crippen molar-refractivity contribution in [2.45, 2.75) is 25.3 Å². The number of thiophene rings is 1. The Morgan fingerprint density at radius 3 is 2.76 bits per heavy atom. The summed E-state index contributed by atoms with van der Waals surface area (Å²) in [5.74, 6) is -2.43. The van der Waals surface area contributed by atoms with Crippen LogP contribution < -0.4 is 5.32 Å². The van der Waals surface area contributed by atoms with Crippen LogP contribution in [0.5, 0.6) is 0 Å². The van der Waals surface area contributed by atoms with Crippen LogP contribution in [-0.2, 0) is 6.42 Å². The number of halogens is 3. The first-order chi connectivity index (χ1) is 10.1. The molecule has 1 aromatic carbocycles. The van der Waals surface area contributed by atoms with E-state index in [2.05, 4.69) is 21.2 Å². The summed E-state index contributed by atoms with van der Waals surface area (Å²) in [6.07, 6.45) is 2.75. The predicted octanol–water partition coefficient (Wildman–Crippen LogP) is 4.60. The van der Waals surface area contributed by atoms with E-state index in [4.69, 9.17) is 0 Å². The molecule has 1 heterocycles. The summed E-state index contributed by atoms with van der Waals surface area (Å²) in [4.78, 5) is 13.4. The third-order valence-electron chi connectivity index (χ3n) is 3.59. The van der Waals surface area contributed by atoms with Crippen molar-refractivity contribution in [1.29, 1.82) is 0 Å². The summed E-state index contributed by atoms with van der Waals surface area (Å²) in [6.45, 7) is 0. The zero-order valence-corrected chi connectivity index (χ0v) is 13.4. The summed E-state index contributed by atoms with van der Waals surface area (Å²) in [6, 6.07) is 3.98. The lowest BCUT2D eigenvalue weighted by Crippen LogP contribution is -2.31. The van der Waals surface area contributed by atoms with E-state index in [0.29, 0.717) is 0 Å². The molecule has 3 rings (SSSR count). The second-order valence-electron chi connectivity index (χ2n) is 4.96. The van der Waals surface area contributed by atoms with Gasteiger partial charge in [-0.25, -0.2) is 8.78 Å². The highest BCUT2D eigenvalue weighted by Crippen LogP contribution is 2.33. The Morgan fingerprint density at radius 1 is 1.33 bits per heavy atom. The Kier molecular flexibility index (Phi) is 4.08. The number of carbonyl (C=O) groups is 1. The van der Waals surface area contributed by atoms with Gasteiger partial charge in [-0.15, -0.1) is 11.3 Å². The van der Waals surface area contributed by atoms with Gasteiger partial charge < -0.3 is 5.32 Å². The summed E-state index contributed by atoms with van der Waals surface area (Å²) >= 11 is 4.66. The lowest BCUT2D eigenvalue weighted by Gasteiger charge is -2.24. The standard InChI is InChI=1S/C15H12BrF2NOS/c16-8-6-10(17)14(11(18)7-8)15(20)19-12-2-1-3-13-9(12)4-5-21-13/h4-7,12H,1-3H2,(H,19,20). The van der Waals surface area contributed by atoms with Gasteiger partial charge in [0.2, 0.25) is 0 Å². The molecule has 1 amide bonds. The Hall–Kier alpha value is -1.27. The first-order valence-corrected chi connectivity index (χ1v) is 8.25. The molecule has 6 heteroatoms. The average molecular weight is 372 g/mol. The second-order valence-corrected chi connectivity index (χ2v) is 6.88. The number of hydrogen-bond acceptors (Lipinski definition) is 2. The van der Waals surface area contributed by atoms with Gasteiger partial charge in [0.05, 0.1) is 6.04 Å². The van der Waals surface area contributed by atoms with Crippen molar-refractivity contribution in [3.63, 3.8) is 0 Å². The molecule has 0 aliphatic heterocycles. The monoisotopic (exact) mass is 371 g/mol. The molecule has 1 aliphatic rings. The molecule has 0 spiro atoms. The van der Waals surface area contributed by atoms with Crippen LogP contribution in [0.3, 0.4) is 0 Å². The largest absolute Gasteiger partial charge is 0.345 e. The van der Waals surface area contributed by atoms with Crippen LogP contribution in [-0.4, -0.2) is 5.91 Å². The fourth-order valence-electron chi connectivity index (χ4n) is 2.63. The number of nitrogens with one attached hydrogen (secondary N) is 1. The van der Waals surface area contributed by atoms with Crippen LogP contribution in [0.15, 0.2) is 28.1 Å². The number of aryl methyl sites for hydroxylation is 1. The zero-order valence-electron chi connectivity index (χ0n) is 11.0. The highest BCUT2D eigenvalue weighted by atomic mass is 79.9. The minimum absolute atomic E-state index is 0.171. The van der Waals surface area contributed by atoms with Crippen LogP contribution in [0.1, 0.15) is 39.7 Å². The van der Waals surface area contributed by atoms with Crippen LogP contribution in [0.2, 0.25) is 0 Å². The molecule has 1 N–H and O–H groups in total. The fraction of sp³-hybridized carbons (Fsp3) is 0.267. The predicted molar refractivity (Wildman–Crippen MR) is 81.5 cm³/mol.